The van der Waals surface area contributed by atoms with Crippen molar-refractivity contribution in [3.05, 3.63) is 198 Å². The Morgan fingerprint density at radius 2 is 1.52 bits per heavy atom. The van der Waals surface area contributed by atoms with Crippen molar-refractivity contribution in [2.24, 2.45) is 0 Å². The number of rotatable bonds is 10. The monoisotopic (exact) mass is 519 g/mol. The summed E-state index contributed by atoms with van der Waals surface area (Å²) in [6.45, 7) is 4.15. The van der Waals surface area contributed by atoms with Gasteiger partial charge in [0.15, 0.2) is 0 Å². The van der Waals surface area contributed by atoms with Gasteiger partial charge in [-0.3, -0.25) is 0 Å². The minimum atomic E-state index is 0.200. The number of allylic oxidation sites excluding steroid dienone is 17. The molecule has 1 N–H and O–H groups in total. The molecular formula is C39H37N. The Balaban J connectivity index is 1.34. The Hall–Kier alpha value is -4.88. The Kier molecular flexibility index (Phi) is 10.9. The van der Waals surface area contributed by atoms with Crippen LogP contribution < -0.4 is 5.32 Å². The number of hydrogen-bond acceptors (Lipinski definition) is 1. The van der Waals surface area contributed by atoms with Crippen LogP contribution in [-0.4, -0.2) is 0 Å². The van der Waals surface area contributed by atoms with Crippen LogP contribution in [0.2, 0.25) is 0 Å². The van der Waals surface area contributed by atoms with Gasteiger partial charge >= 0.3 is 0 Å². The molecule has 1 aliphatic carbocycles. The SMILES string of the molecule is C/C=C/C=C(\C=C/C=C/C=C/C=C\Nc1ccccc1C1C=CC=C(c2ccccc2)C=C1)c1cccc(C)c1. The second kappa shape index (κ2) is 15.5. The van der Waals surface area contributed by atoms with Gasteiger partial charge in [-0.25, -0.2) is 0 Å². The molecule has 40 heavy (non-hydrogen) atoms. The average molecular weight is 520 g/mol. The molecule has 4 rings (SSSR count). The van der Waals surface area contributed by atoms with Crippen molar-refractivity contribution in [2.45, 2.75) is 19.8 Å². The van der Waals surface area contributed by atoms with Crippen LogP contribution in [-0.2, 0) is 0 Å². The van der Waals surface area contributed by atoms with E-state index in [1.165, 1.54) is 33.4 Å². The minimum absolute atomic E-state index is 0.200. The maximum Gasteiger partial charge on any atom is 0.0421 e. The molecule has 0 saturated heterocycles. The Labute approximate surface area is 240 Å². The van der Waals surface area contributed by atoms with Crippen molar-refractivity contribution in [1.29, 1.82) is 0 Å². The molecule has 1 heteroatoms. The first kappa shape index (κ1) is 28.1. The Morgan fingerprint density at radius 1 is 0.750 bits per heavy atom. The summed E-state index contributed by atoms with van der Waals surface area (Å²) in [5.74, 6) is 0.200. The van der Waals surface area contributed by atoms with E-state index in [0.717, 1.165) is 5.69 Å². The number of nitrogens with one attached hydrogen (secondary N) is 1. The van der Waals surface area contributed by atoms with Gasteiger partial charge in [-0.2, -0.15) is 0 Å². The van der Waals surface area contributed by atoms with Gasteiger partial charge in [-0.15, -0.1) is 0 Å². The van der Waals surface area contributed by atoms with Crippen LogP contribution in [0.25, 0.3) is 11.1 Å². The number of benzene rings is 3. The van der Waals surface area contributed by atoms with Crippen molar-refractivity contribution >= 4 is 16.8 Å². The molecule has 3 aromatic rings. The smallest absolute Gasteiger partial charge is 0.0421 e. The molecular weight excluding hydrogens is 482 g/mol. The fourth-order valence-corrected chi connectivity index (χ4v) is 4.44. The number of hydrogen-bond donors (Lipinski definition) is 1. The summed E-state index contributed by atoms with van der Waals surface area (Å²) in [5.41, 5.74) is 8.45. The van der Waals surface area contributed by atoms with E-state index in [2.05, 4.69) is 152 Å². The third-order valence-corrected chi connectivity index (χ3v) is 6.49. The van der Waals surface area contributed by atoms with Crippen LogP contribution in [0.15, 0.2) is 176 Å². The Morgan fingerprint density at radius 3 is 2.35 bits per heavy atom. The standard InChI is InChI=1S/C39H37N/c1-3-4-19-34(37-25-16-18-32(2)31-37)22-10-7-5-6-8-15-30-40-39-27-14-13-26-38(39)36-24-17-23-35(28-29-36)33-20-11-9-12-21-33/h3-31,36,40H,1-2H3/b4-3+,7-5+,8-6+,22-10-,30-15-,34-19+. The maximum absolute atomic E-state index is 3.46. The highest BCUT2D eigenvalue weighted by Crippen LogP contribution is 2.30. The highest BCUT2D eigenvalue weighted by atomic mass is 14.8. The molecule has 0 aliphatic heterocycles. The summed E-state index contributed by atoms with van der Waals surface area (Å²) >= 11 is 0. The van der Waals surface area contributed by atoms with Crippen LogP contribution in [0.4, 0.5) is 5.69 Å². The molecule has 0 aromatic heterocycles. The van der Waals surface area contributed by atoms with E-state index in [1.54, 1.807) is 0 Å². The number of aryl methyl sites for hydroxylation is 1. The summed E-state index contributed by atoms with van der Waals surface area (Å²) < 4.78 is 0. The first-order valence-electron chi connectivity index (χ1n) is 13.8. The van der Waals surface area contributed by atoms with Gasteiger partial charge in [0.1, 0.15) is 0 Å². The zero-order chi connectivity index (χ0) is 27.8. The number of anilines is 1. The summed E-state index contributed by atoms with van der Waals surface area (Å²) in [6, 6.07) is 27.5. The number of para-hydroxylation sites is 1. The van der Waals surface area contributed by atoms with Crippen LogP contribution in [0.3, 0.4) is 0 Å². The quantitative estimate of drug-likeness (QED) is 0.263. The van der Waals surface area contributed by atoms with Crippen LogP contribution in [0, 0.1) is 6.92 Å². The van der Waals surface area contributed by atoms with Gasteiger partial charge in [0.2, 0.25) is 0 Å². The fourth-order valence-electron chi connectivity index (χ4n) is 4.44. The second-order valence-electron chi connectivity index (χ2n) is 9.49. The molecule has 1 unspecified atom stereocenters. The molecule has 0 amide bonds. The van der Waals surface area contributed by atoms with Gasteiger partial charge in [-0.1, -0.05) is 163 Å². The average Bonchev–Trinajstić information content (AvgIpc) is 3.25. The molecule has 0 bridgehead atoms. The fraction of sp³-hybridized carbons (Fsp3) is 0.0769. The lowest BCUT2D eigenvalue weighted by atomic mass is 9.96. The predicted molar refractivity (Wildman–Crippen MR) is 176 cm³/mol. The molecule has 0 saturated carbocycles. The first-order valence-corrected chi connectivity index (χ1v) is 13.8. The van der Waals surface area contributed by atoms with E-state index >= 15 is 0 Å². The van der Waals surface area contributed by atoms with Crippen LogP contribution in [0.5, 0.6) is 0 Å². The largest absolute Gasteiger partial charge is 0.361 e. The molecule has 1 aliphatic rings. The molecule has 1 nitrogen and oxygen atoms in total. The van der Waals surface area contributed by atoms with Crippen molar-refractivity contribution in [3.8, 4) is 0 Å². The van der Waals surface area contributed by atoms with E-state index in [-0.39, 0.29) is 5.92 Å². The summed E-state index contributed by atoms with van der Waals surface area (Å²) in [6.07, 6.45) is 33.7. The molecule has 0 spiro atoms. The summed E-state index contributed by atoms with van der Waals surface area (Å²) in [7, 11) is 0. The van der Waals surface area contributed by atoms with Crippen molar-refractivity contribution < 1.29 is 0 Å². The zero-order valence-corrected chi connectivity index (χ0v) is 23.3. The summed E-state index contributed by atoms with van der Waals surface area (Å²) in [5, 5.41) is 3.46. The lowest BCUT2D eigenvalue weighted by molar-refractivity contribution is 1.09. The van der Waals surface area contributed by atoms with Gasteiger partial charge in [0.05, 0.1) is 0 Å². The maximum atomic E-state index is 3.46. The highest BCUT2D eigenvalue weighted by Gasteiger charge is 2.11. The molecule has 198 valence electrons. The van der Waals surface area contributed by atoms with Gasteiger partial charge < -0.3 is 5.32 Å². The molecule has 0 fully saturated rings. The molecule has 0 radical (unpaired) electrons. The Bertz CT molecular complexity index is 1520. The minimum Gasteiger partial charge on any atom is -0.361 e. The molecule has 3 aromatic carbocycles. The lowest BCUT2D eigenvalue weighted by Gasteiger charge is -2.14. The predicted octanol–water partition coefficient (Wildman–Crippen LogP) is 10.5. The highest BCUT2D eigenvalue weighted by molar-refractivity contribution is 5.77. The van der Waals surface area contributed by atoms with Crippen molar-refractivity contribution in [2.75, 3.05) is 5.32 Å². The lowest BCUT2D eigenvalue weighted by Crippen LogP contribution is -1.98. The van der Waals surface area contributed by atoms with Crippen LogP contribution in [0.1, 0.15) is 35.1 Å². The third kappa shape index (κ3) is 8.58. The normalized spacial score (nSPS) is 16.1. The van der Waals surface area contributed by atoms with Crippen molar-refractivity contribution in [1.82, 2.24) is 0 Å². The third-order valence-electron chi connectivity index (χ3n) is 6.49. The van der Waals surface area contributed by atoms with Crippen molar-refractivity contribution in [3.63, 3.8) is 0 Å². The van der Waals surface area contributed by atoms with E-state index < -0.39 is 0 Å². The van der Waals surface area contributed by atoms with E-state index in [9.17, 15) is 0 Å². The second-order valence-corrected chi connectivity index (χ2v) is 9.49. The van der Waals surface area contributed by atoms with Gasteiger partial charge in [0, 0.05) is 17.8 Å². The molecule has 1 atom stereocenters. The summed E-state index contributed by atoms with van der Waals surface area (Å²) in [4.78, 5) is 0. The zero-order valence-electron chi connectivity index (χ0n) is 23.3. The first-order chi connectivity index (χ1) is 19.7. The van der Waals surface area contributed by atoms with Gasteiger partial charge in [-0.05, 0) is 53.8 Å². The van der Waals surface area contributed by atoms with E-state index in [0.29, 0.717) is 0 Å². The van der Waals surface area contributed by atoms with E-state index in [1.807, 2.05) is 43.5 Å². The van der Waals surface area contributed by atoms with E-state index in [4.69, 9.17) is 0 Å². The van der Waals surface area contributed by atoms with Crippen LogP contribution >= 0.6 is 0 Å². The van der Waals surface area contributed by atoms with Gasteiger partial charge in [0.25, 0.3) is 0 Å². The molecule has 0 heterocycles. The topological polar surface area (TPSA) is 12.0 Å².